The van der Waals surface area contributed by atoms with Crippen molar-refractivity contribution in [1.82, 2.24) is 0 Å². The monoisotopic (exact) mass is 458 g/mol. The molecule has 3 nitrogen and oxygen atoms in total. The summed E-state index contributed by atoms with van der Waals surface area (Å²) in [6, 6.07) is 12.3. The van der Waals surface area contributed by atoms with Crippen LogP contribution in [0.2, 0.25) is 10.0 Å². The fraction of sp³-hybridized carbons (Fsp3) is 0.520. The Labute approximate surface area is 194 Å². The topological polar surface area (TPSA) is 53.0 Å². The molecule has 2 atom stereocenters. The number of aliphatic hydroxyl groups is 2. The lowest BCUT2D eigenvalue weighted by atomic mass is 10.2. The van der Waals surface area contributed by atoms with Crippen molar-refractivity contribution in [3.63, 3.8) is 0 Å². The van der Waals surface area contributed by atoms with E-state index in [2.05, 4.69) is 45.0 Å². The van der Waals surface area contributed by atoms with E-state index in [0.29, 0.717) is 12.5 Å². The second kappa shape index (κ2) is 17.6. The zero-order valence-corrected chi connectivity index (χ0v) is 20.0. The van der Waals surface area contributed by atoms with Gasteiger partial charge in [-0.3, -0.25) is 0 Å². The summed E-state index contributed by atoms with van der Waals surface area (Å²) >= 11 is 11.7. The molecule has 1 heterocycles. The number of aryl methyl sites for hydroxylation is 3. The molecule has 0 radical (unpaired) electrons. The molecule has 0 spiro atoms. The van der Waals surface area contributed by atoms with E-state index in [1.165, 1.54) is 17.5 Å². The molecule has 2 N–H and O–H groups in total. The van der Waals surface area contributed by atoms with Crippen LogP contribution in [0.5, 0.6) is 0 Å². The minimum Gasteiger partial charge on any atom is -0.394 e. The number of rotatable bonds is 3. The van der Waals surface area contributed by atoms with Crippen LogP contribution in [0.3, 0.4) is 0 Å². The number of benzene rings is 2. The number of aliphatic hydroxyl groups excluding tert-OH is 2. The molecule has 1 aliphatic rings. The molecule has 3 rings (SSSR count). The van der Waals surface area contributed by atoms with Crippen molar-refractivity contribution in [2.75, 3.05) is 13.2 Å². The average Bonchev–Trinajstić information content (AvgIpc) is 3.54. The lowest BCUT2D eigenvalue weighted by molar-refractivity contribution is 0.0923. The van der Waals surface area contributed by atoms with Crippen molar-refractivity contribution < 1.29 is 14.9 Å². The Bertz CT molecular complexity index is 635. The van der Waals surface area contributed by atoms with E-state index < -0.39 is 6.10 Å². The van der Waals surface area contributed by atoms with Gasteiger partial charge in [0, 0.05) is 10.0 Å². The van der Waals surface area contributed by atoms with Gasteiger partial charge in [-0.25, -0.2) is 0 Å². The number of epoxide rings is 1. The predicted octanol–water partition coefficient (Wildman–Crippen LogP) is 7.09. The minimum atomic E-state index is -0.509. The van der Waals surface area contributed by atoms with Crippen molar-refractivity contribution >= 4 is 23.2 Å². The van der Waals surface area contributed by atoms with Gasteiger partial charge in [-0.1, -0.05) is 79.9 Å². The van der Waals surface area contributed by atoms with Gasteiger partial charge in [0.15, 0.2) is 0 Å². The SMILES string of the molecule is C.CCC(O)CO.CCC1CO1.Cc1cc(Cl)c(C)c(Cl)c1.Cc1ccc(C)cc1. The number of hydrogen-bond donors (Lipinski definition) is 2. The molecule has 172 valence electrons. The third-order valence-electron chi connectivity index (χ3n) is 4.18. The van der Waals surface area contributed by atoms with Crippen LogP contribution >= 0.6 is 23.2 Å². The molecule has 5 heteroatoms. The lowest BCUT2D eigenvalue weighted by Gasteiger charge is -2.01. The van der Waals surface area contributed by atoms with Crippen LogP contribution in [-0.4, -0.2) is 35.6 Å². The highest BCUT2D eigenvalue weighted by Crippen LogP contribution is 2.24. The normalized spacial score (nSPS) is 14.4. The van der Waals surface area contributed by atoms with Gasteiger partial charge in [0.1, 0.15) is 0 Å². The maximum absolute atomic E-state index is 8.42. The Balaban J connectivity index is 0. The highest BCUT2D eigenvalue weighted by molar-refractivity contribution is 6.36. The standard InChI is InChI=1S/C8H8Cl2.C8H10.C4H10O2.C4H8O.CH4/c1-5-3-7(9)6(2)8(10)4-5;1-7-3-5-8(2)6-4-7;1-2-4(6)3-5;1-2-4-3-5-4;/h3-4H,1-2H3;3-6H,1-2H3;4-6H,2-3H2,1H3;4H,2-3H2,1H3;1H4. The molecule has 2 aromatic rings. The van der Waals surface area contributed by atoms with Gasteiger partial charge < -0.3 is 14.9 Å². The van der Waals surface area contributed by atoms with E-state index in [9.17, 15) is 0 Å². The van der Waals surface area contributed by atoms with Crippen molar-refractivity contribution in [2.24, 2.45) is 0 Å². The fourth-order valence-corrected chi connectivity index (χ4v) is 2.44. The molecule has 30 heavy (non-hydrogen) atoms. The van der Waals surface area contributed by atoms with Crippen LogP contribution in [0, 0.1) is 27.7 Å². The highest BCUT2D eigenvalue weighted by atomic mass is 35.5. The third-order valence-corrected chi connectivity index (χ3v) is 4.97. The fourth-order valence-electron chi connectivity index (χ4n) is 1.84. The zero-order valence-electron chi connectivity index (χ0n) is 18.5. The minimum absolute atomic E-state index is 0. The van der Waals surface area contributed by atoms with Gasteiger partial charge in [0.25, 0.3) is 0 Å². The second-order valence-electron chi connectivity index (χ2n) is 7.12. The average molecular weight is 459 g/mol. The van der Waals surface area contributed by atoms with Crippen LogP contribution in [0.25, 0.3) is 0 Å². The molecule has 0 bridgehead atoms. The van der Waals surface area contributed by atoms with Crippen molar-refractivity contribution in [3.8, 4) is 0 Å². The number of ether oxygens (including phenoxy) is 1. The summed E-state index contributed by atoms with van der Waals surface area (Å²) in [5, 5.41) is 18.0. The molecule has 2 aromatic carbocycles. The summed E-state index contributed by atoms with van der Waals surface area (Å²) in [7, 11) is 0. The Hall–Kier alpha value is -1.10. The van der Waals surface area contributed by atoms with Gasteiger partial charge in [-0.2, -0.15) is 0 Å². The maximum atomic E-state index is 8.42. The van der Waals surface area contributed by atoms with Crippen LogP contribution in [0.15, 0.2) is 36.4 Å². The molecule has 1 saturated heterocycles. The van der Waals surface area contributed by atoms with E-state index in [-0.39, 0.29) is 14.0 Å². The van der Waals surface area contributed by atoms with E-state index in [1.54, 1.807) is 0 Å². The summed E-state index contributed by atoms with van der Waals surface area (Å²) in [6.45, 7) is 12.9. The molecule has 1 fully saturated rings. The number of hydrogen-bond acceptors (Lipinski definition) is 3. The van der Waals surface area contributed by atoms with Crippen LogP contribution in [-0.2, 0) is 4.74 Å². The molecule has 0 amide bonds. The quantitative estimate of drug-likeness (QED) is 0.482. The summed E-state index contributed by atoms with van der Waals surface area (Å²) in [5.41, 5.74) is 4.71. The Morgan fingerprint density at radius 3 is 1.53 bits per heavy atom. The summed E-state index contributed by atoms with van der Waals surface area (Å²) < 4.78 is 4.86. The Kier molecular flexibility index (Phi) is 18.2. The smallest absolute Gasteiger partial charge is 0.0807 e. The van der Waals surface area contributed by atoms with E-state index >= 15 is 0 Å². The van der Waals surface area contributed by atoms with E-state index in [4.69, 9.17) is 38.2 Å². The first-order valence-corrected chi connectivity index (χ1v) is 10.8. The van der Waals surface area contributed by atoms with Crippen molar-refractivity contribution in [1.29, 1.82) is 0 Å². The first kappa shape index (κ1) is 31.1. The largest absolute Gasteiger partial charge is 0.394 e. The molecule has 0 aromatic heterocycles. The number of halogens is 2. The van der Waals surface area contributed by atoms with Crippen LogP contribution < -0.4 is 0 Å². The summed E-state index contributed by atoms with van der Waals surface area (Å²) in [5.74, 6) is 0. The maximum Gasteiger partial charge on any atom is 0.0807 e. The molecular weight excluding hydrogens is 419 g/mol. The molecule has 0 aliphatic carbocycles. The summed E-state index contributed by atoms with van der Waals surface area (Å²) in [6.07, 6.45) is 1.95. The van der Waals surface area contributed by atoms with Gasteiger partial charge in [-0.05, 0) is 63.8 Å². The first-order chi connectivity index (χ1) is 13.6. The molecule has 1 aliphatic heterocycles. The third kappa shape index (κ3) is 15.7. The van der Waals surface area contributed by atoms with Gasteiger partial charge in [-0.15, -0.1) is 0 Å². The van der Waals surface area contributed by atoms with Gasteiger partial charge >= 0.3 is 0 Å². The van der Waals surface area contributed by atoms with Crippen LogP contribution in [0.1, 0.15) is 56.4 Å². The van der Waals surface area contributed by atoms with Crippen molar-refractivity contribution in [2.45, 2.75) is 74.0 Å². The molecular formula is C25H40Cl2O3. The molecule has 2 unspecified atom stereocenters. The van der Waals surface area contributed by atoms with Gasteiger partial charge in [0.05, 0.1) is 25.4 Å². The summed E-state index contributed by atoms with van der Waals surface area (Å²) in [4.78, 5) is 0. The predicted molar refractivity (Wildman–Crippen MR) is 132 cm³/mol. The highest BCUT2D eigenvalue weighted by Gasteiger charge is 2.18. The second-order valence-corrected chi connectivity index (χ2v) is 7.93. The van der Waals surface area contributed by atoms with Gasteiger partial charge in [0.2, 0.25) is 0 Å². The van der Waals surface area contributed by atoms with E-state index in [0.717, 1.165) is 27.8 Å². The first-order valence-electron chi connectivity index (χ1n) is 10.0. The van der Waals surface area contributed by atoms with E-state index in [1.807, 2.05) is 32.9 Å². The van der Waals surface area contributed by atoms with Crippen molar-refractivity contribution in [3.05, 3.63) is 68.7 Å². The lowest BCUT2D eigenvalue weighted by Crippen LogP contribution is -2.08. The van der Waals surface area contributed by atoms with Crippen LogP contribution in [0.4, 0.5) is 0 Å². The zero-order chi connectivity index (χ0) is 22.4. The Morgan fingerprint density at radius 1 is 0.933 bits per heavy atom. The Morgan fingerprint density at radius 2 is 1.33 bits per heavy atom. The molecule has 0 saturated carbocycles.